The predicted molar refractivity (Wildman–Crippen MR) is 124 cm³/mol. The number of thioether (sulfide) groups is 1. The van der Waals surface area contributed by atoms with E-state index in [1.165, 1.54) is 24.2 Å². The number of benzene rings is 2. The topological polar surface area (TPSA) is 46.6 Å². The van der Waals surface area contributed by atoms with Crippen LogP contribution in [0.3, 0.4) is 0 Å². The summed E-state index contributed by atoms with van der Waals surface area (Å²) < 4.78 is 6.91. The summed E-state index contributed by atoms with van der Waals surface area (Å²) in [5, 5.41) is -0.168. The first-order valence-corrected chi connectivity index (χ1v) is 11.9. The van der Waals surface area contributed by atoms with E-state index in [1.54, 1.807) is 6.08 Å². The molecule has 1 aliphatic carbocycles. The molecule has 0 unspecified atom stereocenters. The van der Waals surface area contributed by atoms with Crippen molar-refractivity contribution in [2.45, 2.75) is 38.7 Å². The first-order valence-electron chi connectivity index (χ1n) is 10.3. The third-order valence-electron chi connectivity index (χ3n) is 5.53. The minimum absolute atomic E-state index is 0.168. The Morgan fingerprint density at radius 3 is 2.60 bits per heavy atom. The number of imide groups is 1. The number of rotatable bonds is 6. The van der Waals surface area contributed by atoms with Crippen molar-refractivity contribution in [2.75, 3.05) is 6.54 Å². The van der Waals surface area contributed by atoms with Crippen LogP contribution in [-0.2, 0) is 11.4 Å². The van der Waals surface area contributed by atoms with Crippen molar-refractivity contribution in [1.29, 1.82) is 0 Å². The molecule has 0 radical (unpaired) electrons. The van der Waals surface area contributed by atoms with Crippen molar-refractivity contribution >= 4 is 44.9 Å². The number of halogens is 1. The minimum Gasteiger partial charge on any atom is -0.488 e. The van der Waals surface area contributed by atoms with E-state index >= 15 is 0 Å². The van der Waals surface area contributed by atoms with Crippen molar-refractivity contribution in [1.82, 2.24) is 4.90 Å². The van der Waals surface area contributed by atoms with Gasteiger partial charge in [0.25, 0.3) is 11.1 Å². The summed E-state index contributed by atoms with van der Waals surface area (Å²) in [6.07, 6.45) is 7.62. The average molecular weight is 486 g/mol. The monoisotopic (exact) mass is 485 g/mol. The quantitative estimate of drug-likeness (QED) is 0.429. The molecule has 0 spiro atoms. The van der Waals surface area contributed by atoms with Gasteiger partial charge in [0, 0.05) is 16.6 Å². The van der Waals surface area contributed by atoms with Crippen LogP contribution in [0.15, 0.2) is 57.9 Å². The van der Waals surface area contributed by atoms with Crippen LogP contribution in [-0.4, -0.2) is 22.6 Å². The van der Waals surface area contributed by atoms with Crippen molar-refractivity contribution in [3.05, 3.63) is 69.0 Å². The maximum Gasteiger partial charge on any atom is 0.293 e. The van der Waals surface area contributed by atoms with Gasteiger partial charge in [0.15, 0.2) is 0 Å². The minimum atomic E-state index is -0.190. The fourth-order valence-electron chi connectivity index (χ4n) is 3.93. The maximum atomic E-state index is 12.9. The highest BCUT2D eigenvalue weighted by atomic mass is 79.9. The van der Waals surface area contributed by atoms with E-state index in [2.05, 4.69) is 15.9 Å². The van der Waals surface area contributed by atoms with Gasteiger partial charge < -0.3 is 4.74 Å². The number of hydrogen-bond acceptors (Lipinski definition) is 4. The van der Waals surface area contributed by atoms with E-state index in [0.717, 1.165) is 40.2 Å². The highest BCUT2D eigenvalue weighted by Gasteiger charge is 2.36. The molecule has 4 rings (SSSR count). The molecule has 0 N–H and O–H groups in total. The van der Waals surface area contributed by atoms with E-state index in [1.807, 2.05) is 48.5 Å². The van der Waals surface area contributed by atoms with E-state index < -0.39 is 0 Å². The van der Waals surface area contributed by atoms with Gasteiger partial charge in [-0.15, -0.1) is 0 Å². The van der Waals surface area contributed by atoms with E-state index in [0.29, 0.717) is 29.7 Å². The van der Waals surface area contributed by atoms with Crippen molar-refractivity contribution in [2.24, 2.45) is 5.92 Å². The molecule has 0 aromatic heterocycles. The van der Waals surface area contributed by atoms with Crippen LogP contribution in [0, 0.1) is 5.92 Å². The van der Waals surface area contributed by atoms with Crippen molar-refractivity contribution in [3.63, 3.8) is 0 Å². The van der Waals surface area contributed by atoms with Crippen LogP contribution in [0.4, 0.5) is 4.79 Å². The Kier molecular flexibility index (Phi) is 6.95. The SMILES string of the molecule is O=C1S/C(=C/c2cc(Br)ccc2OCc2ccccc2)C(=O)N1CC1CCCCC1. The number of carbonyl (C=O) groups is 2. The Hall–Kier alpha value is -2.05. The molecule has 6 heteroatoms. The number of amides is 2. The summed E-state index contributed by atoms with van der Waals surface area (Å²) in [6.45, 7) is 0.977. The highest BCUT2D eigenvalue weighted by Crippen LogP contribution is 2.36. The molecule has 156 valence electrons. The first-order chi connectivity index (χ1) is 14.6. The van der Waals surface area contributed by atoms with E-state index in [4.69, 9.17) is 4.74 Å². The van der Waals surface area contributed by atoms with Crippen LogP contribution in [0.25, 0.3) is 6.08 Å². The lowest BCUT2D eigenvalue weighted by atomic mass is 9.89. The highest BCUT2D eigenvalue weighted by molar-refractivity contribution is 9.10. The number of ether oxygens (including phenoxy) is 1. The van der Waals surface area contributed by atoms with Crippen LogP contribution >= 0.6 is 27.7 Å². The van der Waals surface area contributed by atoms with Gasteiger partial charge in [-0.2, -0.15) is 0 Å². The molecular weight excluding hydrogens is 462 g/mol. The summed E-state index contributed by atoms with van der Waals surface area (Å²) in [4.78, 5) is 27.3. The second kappa shape index (κ2) is 9.84. The maximum absolute atomic E-state index is 12.9. The van der Waals surface area contributed by atoms with Gasteiger partial charge in [0.05, 0.1) is 4.91 Å². The largest absolute Gasteiger partial charge is 0.488 e. The standard InChI is InChI=1S/C24H24BrNO3S/c25-20-11-12-21(29-16-18-9-5-2-6-10-18)19(13-20)14-22-23(27)26(24(28)30-22)15-17-7-3-1-4-8-17/h2,5-6,9-14,17H,1,3-4,7-8,15-16H2/b22-14+. The first kappa shape index (κ1) is 21.2. The Morgan fingerprint density at radius 2 is 1.83 bits per heavy atom. The summed E-state index contributed by atoms with van der Waals surface area (Å²) in [5.74, 6) is 0.924. The molecule has 2 aliphatic rings. The molecular formula is C24H24BrNO3S. The van der Waals surface area contributed by atoms with Gasteiger partial charge in [-0.25, -0.2) is 0 Å². The van der Waals surface area contributed by atoms with E-state index in [9.17, 15) is 9.59 Å². The van der Waals surface area contributed by atoms with Crippen LogP contribution in [0.2, 0.25) is 0 Å². The molecule has 4 nitrogen and oxygen atoms in total. The predicted octanol–water partition coefficient (Wildman–Crippen LogP) is 6.64. The van der Waals surface area contributed by atoms with Gasteiger partial charge in [-0.05, 0) is 60.4 Å². The van der Waals surface area contributed by atoms with E-state index in [-0.39, 0.29) is 11.1 Å². The third kappa shape index (κ3) is 5.16. The molecule has 30 heavy (non-hydrogen) atoms. The molecule has 2 aromatic carbocycles. The Balaban J connectivity index is 1.51. The zero-order valence-electron chi connectivity index (χ0n) is 16.7. The lowest BCUT2D eigenvalue weighted by Gasteiger charge is -2.25. The molecule has 2 amide bonds. The molecule has 1 saturated carbocycles. The summed E-state index contributed by atoms with van der Waals surface area (Å²) >= 11 is 4.51. The molecule has 0 atom stereocenters. The second-order valence-electron chi connectivity index (χ2n) is 7.75. The fraction of sp³-hybridized carbons (Fsp3) is 0.333. The number of hydrogen-bond donors (Lipinski definition) is 0. The second-order valence-corrected chi connectivity index (χ2v) is 9.66. The summed E-state index contributed by atoms with van der Waals surface area (Å²) in [5.41, 5.74) is 1.85. The summed E-state index contributed by atoms with van der Waals surface area (Å²) in [6, 6.07) is 15.6. The molecule has 1 aliphatic heterocycles. The van der Waals surface area contributed by atoms with Gasteiger partial charge in [-0.1, -0.05) is 65.5 Å². The lowest BCUT2D eigenvalue weighted by molar-refractivity contribution is -0.123. The van der Waals surface area contributed by atoms with Crippen molar-refractivity contribution < 1.29 is 14.3 Å². The zero-order valence-corrected chi connectivity index (χ0v) is 19.1. The van der Waals surface area contributed by atoms with Crippen LogP contribution < -0.4 is 4.74 Å². The zero-order chi connectivity index (χ0) is 20.9. The third-order valence-corrected chi connectivity index (χ3v) is 6.94. The van der Waals surface area contributed by atoms with Crippen LogP contribution in [0.1, 0.15) is 43.2 Å². The average Bonchev–Trinajstić information content (AvgIpc) is 3.02. The Bertz CT molecular complexity index is 954. The van der Waals surface area contributed by atoms with Crippen LogP contribution in [0.5, 0.6) is 5.75 Å². The number of carbonyl (C=O) groups excluding carboxylic acids is 2. The van der Waals surface area contributed by atoms with Gasteiger partial charge in [0.2, 0.25) is 0 Å². The van der Waals surface area contributed by atoms with Gasteiger partial charge >= 0.3 is 0 Å². The van der Waals surface area contributed by atoms with Gasteiger partial charge in [-0.3, -0.25) is 14.5 Å². The molecule has 1 heterocycles. The molecule has 0 bridgehead atoms. The van der Waals surface area contributed by atoms with Crippen molar-refractivity contribution in [3.8, 4) is 5.75 Å². The number of nitrogens with zero attached hydrogens (tertiary/aromatic N) is 1. The van der Waals surface area contributed by atoms with Gasteiger partial charge in [0.1, 0.15) is 12.4 Å². The molecule has 2 fully saturated rings. The normalized spacial score (nSPS) is 19.0. The summed E-state index contributed by atoms with van der Waals surface area (Å²) in [7, 11) is 0. The molecule has 2 aromatic rings. The molecule has 1 saturated heterocycles. The lowest BCUT2D eigenvalue weighted by Crippen LogP contribution is -2.34. The smallest absolute Gasteiger partial charge is 0.293 e. The Morgan fingerprint density at radius 1 is 1.07 bits per heavy atom. The Labute approximate surface area is 189 Å². The fourth-order valence-corrected chi connectivity index (χ4v) is 5.14.